The molecule has 0 spiro atoms. The molecule has 2 amide bonds. The summed E-state index contributed by atoms with van der Waals surface area (Å²) in [6.45, 7) is 8.41. The van der Waals surface area contributed by atoms with Gasteiger partial charge in [0, 0.05) is 13.0 Å². The normalized spacial score (nSPS) is 21.3. The van der Waals surface area contributed by atoms with Crippen molar-refractivity contribution in [2.24, 2.45) is 16.6 Å². The fourth-order valence-corrected chi connectivity index (χ4v) is 1.68. The summed E-state index contributed by atoms with van der Waals surface area (Å²) in [5.41, 5.74) is 4.85. The van der Waals surface area contributed by atoms with Crippen molar-refractivity contribution in [2.75, 3.05) is 13.1 Å². The van der Waals surface area contributed by atoms with Crippen LogP contribution in [0.4, 0.5) is 0 Å². The monoisotopic (exact) mass is 212 g/mol. The molecule has 0 aromatic heterocycles. The van der Waals surface area contributed by atoms with Crippen LogP contribution in [0.2, 0.25) is 0 Å². The maximum absolute atomic E-state index is 11.9. The molecule has 1 fully saturated rings. The van der Waals surface area contributed by atoms with Crippen molar-refractivity contribution >= 4 is 11.8 Å². The van der Waals surface area contributed by atoms with Gasteiger partial charge in [-0.3, -0.25) is 14.5 Å². The lowest BCUT2D eigenvalue weighted by atomic mass is 9.91. The van der Waals surface area contributed by atoms with E-state index in [0.717, 1.165) is 0 Å². The molecule has 86 valence electrons. The zero-order valence-corrected chi connectivity index (χ0v) is 9.96. The van der Waals surface area contributed by atoms with E-state index in [0.29, 0.717) is 19.5 Å². The third-order valence-electron chi connectivity index (χ3n) is 2.86. The minimum absolute atomic E-state index is 0.0750. The van der Waals surface area contributed by atoms with E-state index >= 15 is 0 Å². The van der Waals surface area contributed by atoms with E-state index in [1.54, 1.807) is 0 Å². The quantitative estimate of drug-likeness (QED) is 0.702. The average molecular weight is 212 g/mol. The van der Waals surface area contributed by atoms with Crippen LogP contribution in [0.5, 0.6) is 0 Å². The van der Waals surface area contributed by atoms with Gasteiger partial charge in [-0.25, -0.2) is 0 Å². The zero-order valence-electron chi connectivity index (χ0n) is 9.96. The summed E-state index contributed by atoms with van der Waals surface area (Å²) in [5.74, 6) is -0.152. The van der Waals surface area contributed by atoms with Crippen molar-refractivity contribution in [1.29, 1.82) is 0 Å². The standard InChI is InChI=1S/C11H20N2O2/c1-10(2,6-12)7-13-8(14)5-11(3,4)9(13)15/h5-7,12H2,1-4H3. The third-order valence-corrected chi connectivity index (χ3v) is 2.86. The molecule has 0 aromatic rings. The molecule has 0 aromatic carbocycles. The Kier molecular flexibility index (Phi) is 2.92. The summed E-state index contributed by atoms with van der Waals surface area (Å²) in [5, 5.41) is 0. The topological polar surface area (TPSA) is 63.4 Å². The first-order chi connectivity index (χ1) is 6.69. The van der Waals surface area contributed by atoms with Crippen molar-refractivity contribution in [1.82, 2.24) is 4.90 Å². The summed E-state index contributed by atoms with van der Waals surface area (Å²) >= 11 is 0. The van der Waals surface area contributed by atoms with E-state index in [4.69, 9.17) is 5.73 Å². The summed E-state index contributed by atoms with van der Waals surface area (Å²) < 4.78 is 0. The van der Waals surface area contributed by atoms with Crippen LogP contribution in [0.15, 0.2) is 0 Å². The smallest absolute Gasteiger partial charge is 0.235 e. The van der Waals surface area contributed by atoms with Gasteiger partial charge in [0.25, 0.3) is 0 Å². The van der Waals surface area contributed by atoms with E-state index in [2.05, 4.69) is 0 Å². The maximum Gasteiger partial charge on any atom is 0.235 e. The van der Waals surface area contributed by atoms with Gasteiger partial charge in [0.05, 0.1) is 5.41 Å². The number of likely N-dealkylation sites (tertiary alicyclic amines) is 1. The van der Waals surface area contributed by atoms with Crippen LogP contribution in [-0.2, 0) is 9.59 Å². The Morgan fingerprint density at radius 3 is 2.27 bits per heavy atom. The minimum Gasteiger partial charge on any atom is -0.330 e. The molecule has 1 saturated heterocycles. The number of nitrogens with zero attached hydrogens (tertiary/aromatic N) is 1. The molecule has 15 heavy (non-hydrogen) atoms. The lowest BCUT2D eigenvalue weighted by molar-refractivity contribution is -0.142. The van der Waals surface area contributed by atoms with Gasteiger partial charge in [-0.2, -0.15) is 0 Å². The van der Waals surface area contributed by atoms with Crippen molar-refractivity contribution in [3.63, 3.8) is 0 Å². The SMILES string of the molecule is CC(C)(CN)CN1C(=O)CC(C)(C)C1=O. The average Bonchev–Trinajstić information content (AvgIpc) is 2.28. The molecule has 0 bridgehead atoms. The van der Waals surface area contributed by atoms with E-state index < -0.39 is 5.41 Å². The van der Waals surface area contributed by atoms with Crippen LogP contribution in [-0.4, -0.2) is 29.8 Å². The molecule has 4 heteroatoms. The van der Waals surface area contributed by atoms with Crippen LogP contribution in [0.25, 0.3) is 0 Å². The van der Waals surface area contributed by atoms with Crippen molar-refractivity contribution in [3.05, 3.63) is 0 Å². The fourth-order valence-electron chi connectivity index (χ4n) is 1.68. The van der Waals surface area contributed by atoms with Gasteiger partial charge in [0.1, 0.15) is 0 Å². The Balaban J connectivity index is 2.81. The first-order valence-corrected chi connectivity index (χ1v) is 5.24. The minimum atomic E-state index is -0.540. The number of amides is 2. The van der Waals surface area contributed by atoms with Gasteiger partial charge in [-0.05, 0) is 12.0 Å². The van der Waals surface area contributed by atoms with Gasteiger partial charge >= 0.3 is 0 Å². The molecule has 1 aliphatic rings. The molecular weight excluding hydrogens is 192 g/mol. The van der Waals surface area contributed by atoms with Crippen molar-refractivity contribution in [3.8, 4) is 0 Å². The Labute approximate surface area is 90.8 Å². The van der Waals surface area contributed by atoms with Gasteiger partial charge in [-0.1, -0.05) is 27.7 Å². The number of carbonyl (C=O) groups excluding carboxylic acids is 2. The highest BCUT2D eigenvalue weighted by Crippen LogP contribution is 2.33. The van der Waals surface area contributed by atoms with Gasteiger partial charge in [0.15, 0.2) is 0 Å². The highest BCUT2D eigenvalue weighted by atomic mass is 16.2. The fraction of sp³-hybridized carbons (Fsp3) is 0.818. The second-order valence-electron chi connectivity index (χ2n) is 5.71. The maximum atomic E-state index is 11.9. The highest BCUT2D eigenvalue weighted by molar-refractivity contribution is 6.05. The number of rotatable bonds is 3. The van der Waals surface area contributed by atoms with Crippen LogP contribution < -0.4 is 5.73 Å². The van der Waals surface area contributed by atoms with Crippen molar-refractivity contribution in [2.45, 2.75) is 34.1 Å². The number of hydrogen-bond donors (Lipinski definition) is 1. The molecule has 0 unspecified atom stereocenters. The first kappa shape index (κ1) is 12.2. The molecule has 2 N–H and O–H groups in total. The Morgan fingerprint density at radius 2 is 1.93 bits per heavy atom. The van der Waals surface area contributed by atoms with Gasteiger partial charge in [-0.15, -0.1) is 0 Å². The molecule has 1 aliphatic heterocycles. The largest absolute Gasteiger partial charge is 0.330 e. The predicted molar refractivity (Wildman–Crippen MR) is 58.0 cm³/mol. The summed E-state index contributed by atoms with van der Waals surface area (Å²) in [4.78, 5) is 24.9. The zero-order chi connectivity index (χ0) is 11.9. The van der Waals surface area contributed by atoms with Crippen LogP contribution in [0, 0.1) is 10.8 Å². The Morgan fingerprint density at radius 1 is 1.40 bits per heavy atom. The summed E-state index contributed by atoms with van der Waals surface area (Å²) in [6.07, 6.45) is 0.312. The molecule has 0 radical (unpaired) electrons. The second-order valence-corrected chi connectivity index (χ2v) is 5.71. The van der Waals surface area contributed by atoms with E-state index in [-0.39, 0.29) is 17.2 Å². The lowest BCUT2D eigenvalue weighted by Crippen LogP contribution is -2.42. The van der Waals surface area contributed by atoms with Gasteiger partial charge in [0.2, 0.25) is 11.8 Å². The summed E-state index contributed by atoms with van der Waals surface area (Å²) in [7, 11) is 0. The molecule has 4 nitrogen and oxygen atoms in total. The lowest BCUT2D eigenvalue weighted by Gasteiger charge is -2.28. The number of carbonyl (C=O) groups is 2. The Hall–Kier alpha value is -0.900. The van der Waals surface area contributed by atoms with Crippen LogP contribution in [0.3, 0.4) is 0 Å². The number of imide groups is 1. The number of hydrogen-bond acceptors (Lipinski definition) is 3. The highest BCUT2D eigenvalue weighted by Gasteiger charge is 2.45. The molecule has 0 atom stereocenters. The van der Waals surface area contributed by atoms with Crippen LogP contribution >= 0.6 is 0 Å². The van der Waals surface area contributed by atoms with Gasteiger partial charge < -0.3 is 5.73 Å². The molecule has 1 heterocycles. The first-order valence-electron chi connectivity index (χ1n) is 5.24. The predicted octanol–water partition coefficient (Wildman–Crippen LogP) is 0.756. The molecule has 0 saturated carbocycles. The molecule has 0 aliphatic carbocycles. The van der Waals surface area contributed by atoms with E-state index in [1.807, 2.05) is 27.7 Å². The second kappa shape index (κ2) is 3.59. The van der Waals surface area contributed by atoms with E-state index in [9.17, 15) is 9.59 Å². The molecular formula is C11H20N2O2. The van der Waals surface area contributed by atoms with E-state index in [1.165, 1.54) is 4.90 Å². The third kappa shape index (κ3) is 2.37. The summed E-state index contributed by atoms with van der Waals surface area (Å²) in [6, 6.07) is 0. The Bertz CT molecular complexity index is 295. The number of nitrogens with two attached hydrogens (primary N) is 1. The molecule has 1 rings (SSSR count). The van der Waals surface area contributed by atoms with Crippen LogP contribution in [0.1, 0.15) is 34.1 Å². The van der Waals surface area contributed by atoms with Crippen molar-refractivity contribution < 1.29 is 9.59 Å².